The monoisotopic (exact) mass is 553 g/mol. The molecule has 0 saturated carbocycles. The van der Waals surface area contributed by atoms with Crippen LogP contribution in [0, 0.1) is 5.82 Å². The van der Waals surface area contributed by atoms with Crippen molar-refractivity contribution in [3.8, 4) is 0 Å². The molecule has 0 atom stereocenters. The van der Waals surface area contributed by atoms with Gasteiger partial charge in [0.2, 0.25) is 0 Å². The Morgan fingerprint density at radius 1 is 1.10 bits per heavy atom. The molecule has 0 saturated heterocycles. The van der Waals surface area contributed by atoms with Crippen molar-refractivity contribution in [2.45, 2.75) is 25.1 Å². The number of aliphatic imine (C=N–C) groups is 1. The van der Waals surface area contributed by atoms with Crippen LogP contribution in [0.25, 0.3) is 0 Å². The molecular weight excluding hydrogens is 528 g/mol. The summed E-state index contributed by atoms with van der Waals surface area (Å²) in [7, 11) is -1.57. The van der Waals surface area contributed by atoms with E-state index in [2.05, 4.69) is 15.6 Å². The lowest BCUT2D eigenvalue weighted by molar-refractivity contribution is 0.599. The predicted octanol–water partition coefficient (Wildman–Crippen LogP) is 3.94. The van der Waals surface area contributed by atoms with Crippen LogP contribution in [-0.2, 0) is 28.6 Å². The summed E-state index contributed by atoms with van der Waals surface area (Å²) in [6.07, 6.45) is 2.86. The molecule has 0 amide bonds. The highest BCUT2D eigenvalue weighted by atomic mass is 127. The SMILES string of the molecule is CN=C(NCCCc1ccccc1Cl)NCc1cc(F)ccc1CS(C)(=O)=O.I. The van der Waals surface area contributed by atoms with E-state index in [1.807, 2.05) is 24.3 Å². The van der Waals surface area contributed by atoms with Crippen molar-refractivity contribution in [1.82, 2.24) is 10.6 Å². The summed E-state index contributed by atoms with van der Waals surface area (Å²) >= 11 is 6.15. The van der Waals surface area contributed by atoms with E-state index in [-0.39, 0.29) is 36.3 Å². The van der Waals surface area contributed by atoms with Crippen LogP contribution in [0.1, 0.15) is 23.1 Å². The van der Waals surface area contributed by atoms with Crippen molar-refractivity contribution in [2.24, 2.45) is 4.99 Å². The Labute approximate surface area is 194 Å². The molecule has 9 heteroatoms. The zero-order valence-electron chi connectivity index (χ0n) is 16.4. The first-order chi connectivity index (χ1) is 13.3. The quantitative estimate of drug-likeness (QED) is 0.225. The van der Waals surface area contributed by atoms with E-state index < -0.39 is 15.7 Å². The van der Waals surface area contributed by atoms with Crippen LogP contribution in [-0.4, -0.2) is 34.2 Å². The zero-order valence-corrected chi connectivity index (χ0v) is 20.3. The number of nitrogens with zero attached hydrogens (tertiary/aromatic N) is 1. The van der Waals surface area contributed by atoms with E-state index in [0.717, 1.165) is 29.7 Å². The number of guanidine groups is 1. The lowest BCUT2D eigenvalue weighted by atomic mass is 10.1. The Morgan fingerprint density at radius 2 is 1.83 bits per heavy atom. The van der Waals surface area contributed by atoms with Gasteiger partial charge < -0.3 is 10.6 Å². The zero-order chi connectivity index (χ0) is 20.6. The van der Waals surface area contributed by atoms with Crippen LogP contribution in [0.4, 0.5) is 4.39 Å². The predicted molar refractivity (Wildman–Crippen MR) is 128 cm³/mol. The molecule has 0 aliphatic rings. The summed E-state index contributed by atoms with van der Waals surface area (Å²) in [5, 5.41) is 7.05. The number of sulfone groups is 1. The van der Waals surface area contributed by atoms with E-state index in [1.54, 1.807) is 7.05 Å². The Morgan fingerprint density at radius 3 is 2.48 bits per heavy atom. The Kier molecular flexibility index (Phi) is 10.9. The van der Waals surface area contributed by atoms with Gasteiger partial charge in [0.05, 0.1) is 5.75 Å². The number of benzene rings is 2. The van der Waals surface area contributed by atoms with Gasteiger partial charge in [-0.3, -0.25) is 4.99 Å². The molecule has 2 N–H and O–H groups in total. The summed E-state index contributed by atoms with van der Waals surface area (Å²) < 4.78 is 36.8. The third kappa shape index (κ3) is 9.31. The molecule has 2 rings (SSSR count). The third-order valence-electron chi connectivity index (χ3n) is 4.13. The Hall–Kier alpha value is -1.39. The fourth-order valence-corrected chi connectivity index (χ4v) is 3.85. The second-order valence-corrected chi connectivity index (χ2v) is 9.08. The molecule has 0 unspecified atom stereocenters. The minimum absolute atomic E-state index is 0. The van der Waals surface area contributed by atoms with Crippen molar-refractivity contribution in [2.75, 3.05) is 19.8 Å². The van der Waals surface area contributed by atoms with Gasteiger partial charge in [0.25, 0.3) is 0 Å². The van der Waals surface area contributed by atoms with E-state index in [9.17, 15) is 12.8 Å². The number of hydrogen-bond acceptors (Lipinski definition) is 3. The van der Waals surface area contributed by atoms with E-state index in [1.165, 1.54) is 18.2 Å². The van der Waals surface area contributed by atoms with Crippen molar-refractivity contribution >= 4 is 51.4 Å². The maximum Gasteiger partial charge on any atom is 0.191 e. The molecule has 0 aliphatic heterocycles. The second-order valence-electron chi connectivity index (χ2n) is 6.53. The lowest BCUT2D eigenvalue weighted by Gasteiger charge is -2.14. The van der Waals surface area contributed by atoms with Crippen LogP contribution in [0.5, 0.6) is 0 Å². The van der Waals surface area contributed by atoms with Gasteiger partial charge in [0.1, 0.15) is 5.82 Å². The van der Waals surface area contributed by atoms with Gasteiger partial charge in [0.15, 0.2) is 15.8 Å². The van der Waals surface area contributed by atoms with Gasteiger partial charge in [-0.25, -0.2) is 12.8 Å². The Balaban J connectivity index is 0.00000420. The summed E-state index contributed by atoms with van der Waals surface area (Å²) in [4.78, 5) is 4.15. The average Bonchev–Trinajstić information content (AvgIpc) is 2.63. The molecule has 0 spiro atoms. The molecule has 0 bridgehead atoms. The molecule has 0 aromatic heterocycles. The first-order valence-corrected chi connectivity index (χ1v) is 11.4. The van der Waals surface area contributed by atoms with E-state index in [0.29, 0.717) is 23.6 Å². The largest absolute Gasteiger partial charge is 0.356 e. The highest BCUT2D eigenvalue weighted by Crippen LogP contribution is 2.16. The molecule has 2 aromatic rings. The number of halogens is 3. The van der Waals surface area contributed by atoms with Crippen molar-refractivity contribution in [1.29, 1.82) is 0 Å². The minimum Gasteiger partial charge on any atom is -0.356 e. The molecule has 160 valence electrons. The van der Waals surface area contributed by atoms with Crippen LogP contribution >= 0.6 is 35.6 Å². The summed E-state index contributed by atoms with van der Waals surface area (Å²) in [5.41, 5.74) is 2.26. The van der Waals surface area contributed by atoms with Crippen LogP contribution in [0.3, 0.4) is 0 Å². The highest BCUT2D eigenvalue weighted by Gasteiger charge is 2.11. The standard InChI is InChI=1S/C20H25ClFN3O2S.HI/c1-23-20(24-11-5-7-15-6-3-4-8-19(15)21)25-13-17-12-18(22)10-9-16(17)14-28(2,26)27;/h3-4,6,8-10,12H,5,7,11,13-14H2,1-2H3,(H2,23,24,25);1H. The van der Waals surface area contributed by atoms with Gasteiger partial charge in [0, 0.05) is 31.4 Å². The Bertz CT molecular complexity index is 939. The topological polar surface area (TPSA) is 70.6 Å². The van der Waals surface area contributed by atoms with Gasteiger partial charge in [-0.2, -0.15) is 0 Å². The molecule has 0 aliphatic carbocycles. The first-order valence-electron chi connectivity index (χ1n) is 8.91. The van der Waals surface area contributed by atoms with Crippen molar-refractivity contribution < 1.29 is 12.8 Å². The number of rotatable bonds is 8. The van der Waals surface area contributed by atoms with Crippen LogP contribution in [0.2, 0.25) is 5.02 Å². The van der Waals surface area contributed by atoms with Gasteiger partial charge in [-0.05, 0) is 47.7 Å². The van der Waals surface area contributed by atoms with Gasteiger partial charge in [-0.1, -0.05) is 35.9 Å². The maximum atomic E-state index is 13.6. The fraction of sp³-hybridized carbons (Fsp3) is 0.350. The molecule has 0 fully saturated rings. The molecule has 0 radical (unpaired) electrons. The van der Waals surface area contributed by atoms with E-state index >= 15 is 0 Å². The van der Waals surface area contributed by atoms with E-state index in [4.69, 9.17) is 11.6 Å². The normalized spacial score (nSPS) is 11.7. The second kappa shape index (κ2) is 12.3. The van der Waals surface area contributed by atoms with Gasteiger partial charge >= 0.3 is 0 Å². The van der Waals surface area contributed by atoms with Crippen LogP contribution in [0.15, 0.2) is 47.5 Å². The van der Waals surface area contributed by atoms with Crippen molar-refractivity contribution in [3.63, 3.8) is 0 Å². The average molecular weight is 554 g/mol. The number of hydrogen-bond donors (Lipinski definition) is 2. The van der Waals surface area contributed by atoms with Crippen molar-refractivity contribution in [3.05, 3.63) is 70.0 Å². The lowest BCUT2D eigenvalue weighted by Crippen LogP contribution is -2.37. The maximum absolute atomic E-state index is 13.6. The number of nitrogens with one attached hydrogen (secondary N) is 2. The molecule has 5 nitrogen and oxygen atoms in total. The summed E-state index contributed by atoms with van der Waals surface area (Å²) in [6, 6.07) is 11.9. The molecular formula is C20H26ClFIN3O2S. The van der Waals surface area contributed by atoms with Crippen LogP contribution < -0.4 is 10.6 Å². The number of aryl methyl sites for hydroxylation is 1. The van der Waals surface area contributed by atoms with Gasteiger partial charge in [-0.15, -0.1) is 24.0 Å². The molecule has 2 aromatic carbocycles. The summed E-state index contributed by atoms with van der Waals surface area (Å²) in [5.74, 6) is 0.0270. The first kappa shape index (κ1) is 25.6. The highest BCUT2D eigenvalue weighted by molar-refractivity contribution is 14.0. The molecule has 29 heavy (non-hydrogen) atoms. The molecule has 0 heterocycles. The third-order valence-corrected chi connectivity index (χ3v) is 5.33. The fourth-order valence-electron chi connectivity index (χ4n) is 2.77. The summed E-state index contributed by atoms with van der Waals surface area (Å²) in [6.45, 7) is 0.955. The minimum atomic E-state index is -3.21. The smallest absolute Gasteiger partial charge is 0.191 e.